The molecule has 1 rings (SSSR count). The highest BCUT2D eigenvalue weighted by Crippen LogP contribution is 2.09. The maximum absolute atomic E-state index is 13.0. The number of rotatable bonds is 7. The van der Waals surface area contributed by atoms with E-state index in [1.165, 1.54) is 6.07 Å². The summed E-state index contributed by atoms with van der Waals surface area (Å²) in [6.45, 7) is 0. The first kappa shape index (κ1) is 16.5. The Bertz CT molecular complexity index is 563. The van der Waals surface area contributed by atoms with Crippen LogP contribution in [0, 0.1) is 11.6 Å². The second-order valence-corrected chi connectivity index (χ2v) is 4.38. The van der Waals surface area contributed by atoms with Gasteiger partial charge in [-0.15, -0.1) is 0 Å². The summed E-state index contributed by atoms with van der Waals surface area (Å²) in [4.78, 5) is 33.2. The molecule has 0 heterocycles. The summed E-state index contributed by atoms with van der Waals surface area (Å²) in [5, 5.41) is 10.8. The topological polar surface area (TPSA) is 109 Å². The molecule has 0 aliphatic carbocycles. The number of carboxylic acid groups (broad SMARTS) is 1. The van der Waals surface area contributed by atoms with Crippen molar-refractivity contribution in [2.45, 2.75) is 25.3 Å². The summed E-state index contributed by atoms with van der Waals surface area (Å²) in [6, 6.07) is 1.85. The third-order valence-corrected chi connectivity index (χ3v) is 2.67. The normalized spacial score (nSPS) is 11.7. The molecule has 0 bridgehead atoms. The Hall–Kier alpha value is -2.51. The van der Waals surface area contributed by atoms with Crippen LogP contribution < -0.4 is 11.1 Å². The van der Waals surface area contributed by atoms with E-state index in [-0.39, 0.29) is 24.8 Å². The Labute approximate surface area is 118 Å². The van der Waals surface area contributed by atoms with Crippen molar-refractivity contribution in [3.05, 3.63) is 35.4 Å². The summed E-state index contributed by atoms with van der Waals surface area (Å²) in [6.07, 6.45) is -0.763. The Morgan fingerprint density at radius 1 is 1.24 bits per heavy atom. The van der Waals surface area contributed by atoms with Crippen molar-refractivity contribution in [2.75, 3.05) is 0 Å². The number of hydrogen-bond donors (Lipinski definition) is 3. The zero-order valence-corrected chi connectivity index (χ0v) is 10.9. The van der Waals surface area contributed by atoms with Crippen LogP contribution in [0.25, 0.3) is 0 Å². The molecule has 0 spiro atoms. The van der Waals surface area contributed by atoms with E-state index in [4.69, 9.17) is 10.8 Å². The minimum atomic E-state index is -1.13. The van der Waals surface area contributed by atoms with E-state index in [1.807, 2.05) is 0 Å². The molecular weight excluding hydrogens is 286 g/mol. The number of carboxylic acids is 1. The van der Waals surface area contributed by atoms with Gasteiger partial charge in [-0.1, -0.05) is 6.07 Å². The average molecular weight is 300 g/mol. The van der Waals surface area contributed by atoms with E-state index in [0.29, 0.717) is 0 Å². The minimum absolute atomic E-state index is 0.145. The quantitative estimate of drug-likeness (QED) is 0.674. The first-order chi connectivity index (χ1) is 9.79. The molecule has 0 aliphatic heterocycles. The van der Waals surface area contributed by atoms with Crippen molar-refractivity contribution in [1.82, 2.24) is 5.32 Å². The van der Waals surface area contributed by atoms with E-state index in [2.05, 4.69) is 5.32 Å². The van der Waals surface area contributed by atoms with Gasteiger partial charge < -0.3 is 16.2 Å². The van der Waals surface area contributed by atoms with Gasteiger partial charge in [0.2, 0.25) is 11.8 Å². The lowest BCUT2D eigenvalue weighted by Gasteiger charge is -2.14. The van der Waals surface area contributed by atoms with E-state index in [9.17, 15) is 23.2 Å². The van der Waals surface area contributed by atoms with Crippen LogP contribution >= 0.6 is 0 Å². The molecule has 0 fully saturated rings. The SMILES string of the molecule is NC(=O)[C@H](CCC(=O)O)NC(=O)Cc1ccc(F)c(F)c1. The van der Waals surface area contributed by atoms with Crippen LogP contribution in [-0.4, -0.2) is 28.9 Å². The summed E-state index contributed by atoms with van der Waals surface area (Å²) < 4.78 is 25.7. The molecule has 0 aromatic heterocycles. The van der Waals surface area contributed by atoms with Gasteiger partial charge in [0.05, 0.1) is 6.42 Å². The van der Waals surface area contributed by atoms with Crippen molar-refractivity contribution in [1.29, 1.82) is 0 Å². The zero-order valence-electron chi connectivity index (χ0n) is 10.9. The maximum Gasteiger partial charge on any atom is 0.303 e. The first-order valence-electron chi connectivity index (χ1n) is 6.04. The van der Waals surface area contributed by atoms with Crippen LogP contribution in [0.2, 0.25) is 0 Å². The molecule has 0 aliphatic rings. The third-order valence-electron chi connectivity index (χ3n) is 2.67. The molecular formula is C13H14F2N2O4. The highest BCUT2D eigenvalue weighted by Gasteiger charge is 2.19. The van der Waals surface area contributed by atoms with Crippen LogP contribution in [0.3, 0.4) is 0 Å². The first-order valence-corrected chi connectivity index (χ1v) is 6.04. The Morgan fingerprint density at radius 3 is 2.43 bits per heavy atom. The molecule has 0 saturated carbocycles. The van der Waals surface area contributed by atoms with Crippen LogP contribution in [-0.2, 0) is 20.8 Å². The predicted molar refractivity (Wildman–Crippen MR) is 68.1 cm³/mol. The Balaban J connectivity index is 2.62. The molecule has 0 saturated heterocycles. The monoisotopic (exact) mass is 300 g/mol. The van der Waals surface area contributed by atoms with Crippen LogP contribution in [0.5, 0.6) is 0 Å². The molecule has 21 heavy (non-hydrogen) atoms. The molecule has 8 heteroatoms. The molecule has 6 nitrogen and oxygen atoms in total. The van der Waals surface area contributed by atoms with Crippen LogP contribution in [0.15, 0.2) is 18.2 Å². The van der Waals surface area contributed by atoms with Gasteiger partial charge in [-0.2, -0.15) is 0 Å². The molecule has 0 radical (unpaired) electrons. The fourth-order valence-corrected chi connectivity index (χ4v) is 1.63. The van der Waals surface area contributed by atoms with Crippen molar-refractivity contribution >= 4 is 17.8 Å². The predicted octanol–water partition coefficient (Wildman–Crippen LogP) is 0.342. The number of carbonyl (C=O) groups is 3. The highest BCUT2D eigenvalue weighted by atomic mass is 19.2. The van der Waals surface area contributed by atoms with Crippen molar-refractivity contribution in [3.63, 3.8) is 0 Å². The summed E-state index contributed by atoms with van der Waals surface area (Å²) in [7, 11) is 0. The minimum Gasteiger partial charge on any atom is -0.481 e. The van der Waals surface area contributed by atoms with Crippen molar-refractivity contribution in [3.8, 4) is 0 Å². The molecule has 2 amide bonds. The van der Waals surface area contributed by atoms with E-state index >= 15 is 0 Å². The standard InChI is InChI=1S/C13H14F2N2O4/c14-8-2-1-7(5-9(8)15)6-11(18)17-10(13(16)21)3-4-12(19)20/h1-2,5,10H,3-4,6H2,(H2,16,21)(H,17,18)(H,19,20)/t10-/m0/s1. The van der Waals surface area contributed by atoms with Gasteiger partial charge in [0.1, 0.15) is 6.04 Å². The number of halogens is 2. The van der Waals surface area contributed by atoms with Crippen molar-refractivity contribution in [2.24, 2.45) is 5.73 Å². The number of nitrogens with one attached hydrogen (secondary N) is 1. The van der Waals surface area contributed by atoms with Gasteiger partial charge in [0, 0.05) is 6.42 Å². The summed E-state index contributed by atoms with van der Waals surface area (Å²) >= 11 is 0. The number of benzene rings is 1. The van der Waals surface area contributed by atoms with Crippen LogP contribution in [0.1, 0.15) is 18.4 Å². The molecule has 1 aromatic rings. The zero-order chi connectivity index (χ0) is 16.0. The molecule has 1 aromatic carbocycles. The fourth-order valence-electron chi connectivity index (χ4n) is 1.63. The number of hydrogen-bond acceptors (Lipinski definition) is 3. The number of primary amides is 1. The van der Waals surface area contributed by atoms with E-state index in [0.717, 1.165) is 12.1 Å². The number of nitrogens with two attached hydrogens (primary N) is 1. The van der Waals surface area contributed by atoms with E-state index < -0.39 is 35.5 Å². The highest BCUT2D eigenvalue weighted by molar-refractivity contribution is 5.87. The number of amides is 2. The van der Waals surface area contributed by atoms with Crippen LogP contribution in [0.4, 0.5) is 8.78 Å². The lowest BCUT2D eigenvalue weighted by Crippen LogP contribution is -2.45. The van der Waals surface area contributed by atoms with Gasteiger partial charge in [0.25, 0.3) is 0 Å². The Morgan fingerprint density at radius 2 is 1.90 bits per heavy atom. The molecule has 4 N–H and O–H groups in total. The maximum atomic E-state index is 13.0. The smallest absolute Gasteiger partial charge is 0.303 e. The van der Waals surface area contributed by atoms with Gasteiger partial charge in [-0.3, -0.25) is 14.4 Å². The average Bonchev–Trinajstić information content (AvgIpc) is 2.38. The summed E-state index contributed by atoms with van der Waals surface area (Å²) in [5.41, 5.74) is 5.27. The second-order valence-electron chi connectivity index (χ2n) is 4.38. The lowest BCUT2D eigenvalue weighted by molar-refractivity contribution is -0.137. The second kappa shape index (κ2) is 7.32. The van der Waals surface area contributed by atoms with Gasteiger partial charge in [0.15, 0.2) is 11.6 Å². The lowest BCUT2D eigenvalue weighted by atomic mass is 10.1. The van der Waals surface area contributed by atoms with Gasteiger partial charge in [-0.25, -0.2) is 8.78 Å². The van der Waals surface area contributed by atoms with Gasteiger partial charge in [-0.05, 0) is 24.1 Å². The largest absolute Gasteiger partial charge is 0.481 e. The number of carbonyl (C=O) groups excluding carboxylic acids is 2. The fraction of sp³-hybridized carbons (Fsp3) is 0.308. The molecule has 0 unspecified atom stereocenters. The summed E-state index contributed by atoms with van der Waals surface area (Å²) in [5.74, 6) is -4.76. The van der Waals surface area contributed by atoms with E-state index in [1.54, 1.807) is 0 Å². The van der Waals surface area contributed by atoms with Gasteiger partial charge >= 0.3 is 5.97 Å². The van der Waals surface area contributed by atoms with Crippen molar-refractivity contribution < 1.29 is 28.3 Å². The number of aliphatic carboxylic acids is 1. The molecule has 114 valence electrons. The third kappa shape index (κ3) is 5.55. The molecule has 1 atom stereocenters. The Kier molecular flexibility index (Phi) is 5.77.